The fraction of sp³-hybridized carbons (Fsp3) is 0.467. The Bertz CT molecular complexity index is 524. The van der Waals surface area contributed by atoms with Gasteiger partial charge in [0, 0.05) is 0 Å². The monoisotopic (exact) mass is 313 g/mol. The van der Waals surface area contributed by atoms with Crippen molar-refractivity contribution < 1.29 is 28.6 Å². The molecule has 22 heavy (non-hydrogen) atoms. The largest absolute Gasteiger partial charge is 0.467 e. The first-order chi connectivity index (χ1) is 10.1. The van der Waals surface area contributed by atoms with E-state index in [2.05, 4.69) is 10.1 Å². The number of hydrogen-bond donors (Lipinski definition) is 2. The van der Waals surface area contributed by atoms with E-state index in [4.69, 9.17) is 4.74 Å². The van der Waals surface area contributed by atoms with Crippen molar-refractivity contribution in [1.82, 2.24) is 5.32 Å². The number of methoxy groups -OCH3 is 1. The molecule has 0 spiro atoms. The standard InChI is InChI=1S/C15H20FNO5/c1-15(2,3)22-14(20)17-11(13(19)21-4)12(18)9-5-7-10(16)8-6-9/h5-8,11-12,18H,1-4H3,(H,17,20)/t11-,12+/m0/s1. The molecule has 0 heterocycles. The Kier molecular flexibility index (Phi) is 5.87. The molecule has 1 aromatic carbocycles. The third-order valence-electron chi connectivity index (χ3n) is 2.65. The molecular formula is C15H20FNO5. The van der Waals surface area contributed by atoms with Crippen LogP contribution in [-0.4, -0.2) is 35.9 Å². The second-order valence-electron chi connectivity index (χ2n) is 5.64. The summed E-state index contributed by atoms with van der Waals surface area (Å²) in [6.45, 7) is 4.99. The maximum absolute atomic E-state index is 12.9. The molecule has 0 aliphatic heterocycles. The summed E-state index contributed by atoms with van der Waals surface area (Å²) in [6, 6.07) is 3.53. The summed E-state index contributed by atoms with van der Waals surface area (Å²) in [6.07, 6.45) is -2.27. The highest BCUT2D eigenvalue weighted by atomic mass is 19.1. The van der Waals surface area contributed by atoms with Gasteiger partial charge in [0.25, 0.3) is 0 Å². The molecule has 1 rings (SSSR count). The summed E-state index contributed by atoms with van der Waals surface area (Å²) < 4.78 is 22.5. The van der Waals surface area contributed by atoms with Gasteiger partial charge < -0.3 is 19.9 Å². The van der Waals surface area contributed by atoms with Crippen LogP contribution in [0, 0.1) is 5.82 Å². The number of carbonyl (C=O) groups excluding carboxylic acids is 2. The highest BCUT2D eigenvalue weighted by molar-refractivity contribution is 5.82. The fourth-order valence-electron chi connectivity index (χ4n) is 1.68. The van der Waals surface area contributed by atoms with Gasteiger partial charge in [-0.1, -0.05) is 12.1 Å². The number of esters is 1. The van der Waals surface area contributed by atoms with Crippen molar-refractivity contribution in [2.75, 3.05) is 7.11 Å². The lowest BCUT2D eigenvalue weighted by molar-refractivity contribution is -0.146. The van der Waals surface area contributed by atoms with Gasteiger partial charge in [-0.2, -0.15) is 0 Å². The zero-order chi connectivity index (χ0) is 16.9. The molecular weight excluding hydrogens is 293 g/mol. The van der Waals surface area contributed by atoms with Crippen molar-refractivity contribution in [2.24, 2.45) is 0 Å². The van der Waals surface area contributed by atoms with Crippen LogP contribution in [0.1, 0.15) is 32.4 Å². The topological polar surface area (TPSA) is 84.9 Å². The van der Waals surface area contributed by atoms with Gasteiger partial charge in [0.1, 0.15) is 17.5 Å². The first-order valence-electron chi connectivity index (χ1n) is 6.65. The average molecular weight is 313 g/mol. The minimum atomic E-state index is -1.40. The predicted octanol–water partition coefficient (Wildman–Crippen LogP) is 1.93. The molecule has 6 nitrogen and oxygen atoms in total. The van der Waals surface area contributed by atoms with Gasteiger partial charge in [0.15, 0.2) is 6.04 Å². The number of aliphatic hydroxyl groups is 1. The molecule has 122 valence electrons. The van der Waals surface area contributed by atoms with Crippen LogP contribution in [-0.2, 0) is 14.3 Å². The zero-order valence-electron chi connectivity index (χ0n) is 12.9. The maximum Gasteiger partial charge on any atom is 0.408 e. The number of aliphatic hydroxyl groups excluding tert-OH is 1. The van der Waals surface area contributed by atoms with Gasteiger partial charge in [-0.25, -0.2) is 14.0 Å². The maximum atomic E-state index is 12.9. The van der Waals surface area contributed by atoms with Crippen LogP contribution in [0.3, 0.4) is 0 Å². The van der Waals surface area contributed by atoms with Gasteiger partial charge in [0.05, 0.1) is 7.11 Å². The summed E-state index contributed by atoms with van der Waals surface area (Å²) in [4.78, 5) is 23.5. The van der Waals surface area contributed by atoms with Gasteiger partial charge >= 0.3 is 12.1 Å². The summed E-state index contributed by atoms with van der Waals surface area (Å²) in [7, 11) is 1.13. The third-order valence-corrected chi connectivity index (χ3v) is 2.65. The van der Waals surface area contributed by atoms with E-state index < -0.39 is 35.6 Å². The molecule has 2 atom stereocenters. The van der Waals surface area contributed by atoms with Gasteiger partial charge in [0.2, 0.25) is 0 Å². The van der Waals surface area contributed by atoms with E-state index >= 15 is 0 Å². The smallest absolute Gasteiger partial charge is 0.408 e. The molecule has 0 aromatic heterocycles. The molecule has 0 aliphatic carbocycles. The Morgan fingerprint density at radius 3 is 2.23 bits per heavy atom. The minimum Gasteiger partial charge on any atom is -0.467 e. The number of alkyl carbamates (subject to hydrolysis) is 1. The third kappa shape index (κ3) is 5.33. The highest BCUT2D eigenvalue weighted by Crippen LogP contribution is 2.19. The van der Waals surface area contributed by atoms with Crippen molar-refractivity contribution in [3.8, 4) is 0 Å². The van der Waals surface area contributed by atoms with Crippen molar-refractivity contribution in [2.45, 2.75) is 38.5 Å². The number of halogens is 1. The predicted molar refractivity (Wildman–Crippen MR) is 76.5 cm³/mol. The van der Waals surface area contributed by atoms with E-state index in [0.29, 0.717) is 0 Å². The van der Waals surface area contributed by atoms with E-state index in [1.807, 2.05) is 0 Å². The molecule has 0 radical (unpaired) electrons. The Balaban J connectivity index is 2.90. The first kappa shape index (κ1) is 17.9. The normalized spacial score (nSPS) is 13.9. The molecule has 0 aliphatic rings. The fourth-order valence-corrected chi connectivity index (χ4v) is 1.68. The number of ether oxygens (including phenoxy) is 2. The molecule has 0 saturated heterocycles. The van der Waals surface area contributed by atoms with Gasteiger partial charge in [-0.05, 0) is 38.5 Å². The Hall–Kier alpha value is -2.15. The quantitative estimate of drug-likeness (QED) is 0.830. The van der Waals surface area contributed by atoms with E-state index in [1.165, 1.54) is 12.1 Å². The van der Waals surface area contributed by atoms with Crippen molar-refractivity contribution in [3.63, 3.8) is 0 Å². The number of amides is 1. The summed E-state index contributed by atoms with van der Waals surface area (Å²) >= 11 is 0. The Morgan fingerprint density at radius 1 is 1.23 bits per heavy atom. The van der Waals surface area contributed by atoms with Gasteiger partial charge in [-0.3, -0.25) is 0 Å². The van der Waals surface area contributed by atoms with Crippen LogP contribution >= 0.6 is 0 Å². The van der Waals surface area contributed by atoms with Crippen LogP contribution < -0.4 is 5.32 Å². The van der Waals surface area contributed by atoms with E-state index in [-0.39, 0.29) is 5.56 Å². The summed E-state index contributed by atoms with van der Waals surface area (Å²) in [5.74, 6) is -1.33. The molecule has 0 bridgehead atoms. The molecule has 0 unspecified atom stereocenters. The van der Waals surface area contributed by atoms with Crippen LogP contribution in [0.5, 0.6) is 0 Å². The summed E-state index contributed by atoms with van der Waals surface area (Å²) in [5.41, 5.74) is -0.501. The molecule has 0 fully saturated rings. The van der Waals surface area contributed by atoms with E-state index in [9.17, 15) is 19.1 Å². The van der Waals surface area contributed by atoms with Crippen LogP contribution in [0.4, 0.5) is 9.18 Å². The number of hydrogen-bond acceptors (Lipinski definition) is 5. The van der Waals surface area contributed by atoms with Crippen molar-refractivity contribution in [3.05, 3.63) is 35.6 Å². The van der Waals surface area contributed by atoms with Crippen molar-refractivity contribution >= 4 is 12.1 Å². The van der Waals surface area contributed by atoms with Crippen molar-refractivity contribution in [1.29, 1.82) is 0 Å². The van der Waals surface area contributed by atoms with Crippen LogP contribution in [0.25, 0.3) is 0 Å². The number of carbonyl (C=O) groups is 2. The highest BCUT2D eigenvalue weighted by Gasteiger charge is 2.32. The number of benzene rings is 1. The molecule has 1 aromatic rings. The van der Waals surface area contributed by atoms with Crippen LogP contribution in [0.2, 0.25) is 0 Å². The first-order valence-corrected chi connectivity index (χ1v) is 6.65. The molecule has 1 amide bonds. The van der Waals surface area contributed by atoms with Gasteiger partial charge in [-0.15, -0.1) is 0 Å². The van der Waals surface area contributed by atoms with E-state index in [0.717, 1.165) is 19.2 Å². The molecule has 7 heteroatoms. The lowest BCUT2D eigenvalue weighted by Gasteiger charge is -2.25. The average Bonchev–Trinajstić information content (AvgIpc) is 2.42. The minimum absolute atomic E-state index is 0.257. The molecule has 2 N–H and O–H groups in total. The van der Waals surface area contributed by atoms with Crippen LogP contribution in [0.15, 0.2) is 24.3 Å². The Morgan fingerprint density at radius 2 is 1.77 bits per heavy atom. The summed E-state index contributed by atoms with van der Waals surface area (Å²) in [5, 5.41) is 12.5. The molecule has 0 saturated carbocycles. The zero-order valence-corrected chi connectivity index (χ0v) is 12.9. The second-order valence-corrected chi connectivity index (χ2v) is 5.64. The second kappa shape index (κ2) is 7.22. The SMILES string of the molecule is COC(=O)[C@@H](NC(=O)OC(C)(C)C)[C@H](O)c1ccc(F)cc1. The number of rotatable bonds is 4. The lowest BCUT2D eigenvalue weighted by atomic mass is 10.0. The van der Waals surface area contributed by atoms with E-state index in [1.54, 1.807) is 20.8 Å². The lowest BCUT2D eigenvalue weighted by Crippen LogP contribution is -2.47. The number of nitrogens with one attached hydrogen (secondary N) is 1. The Labute approximate surface area is 128 Å².